The molecule has 0 amide bonds. The minimum Gasteiger partial charge on any atom is -0.309 e. The van der Waals surface area contributed by atoms with Gasteiger partial charge in [-0.2, -0.15) is 0 Å². The molecule has 0 bridgehead atoms. The zero-order valence-electron chi connectivity index (χ0n) is 27.0. The van der Waals surface area contributed by atoms with Crippen molar-refractivity contribution in [3.63, 3.8) is 0 Å². The third-order valence-corrected chi connectivity index (χ3v) is 10.8. The number of hydrogen-bond donors (Lipinski definition) is 0. The van der Waals surface area contributed by atoms with E-state index in [1.165, 1.54) is 93.5 Å². The number of aromatic nitrogens is 1. The summed E-state index contributed by atoms with van der Waals surface area (Å²) in [6.45, 7) is 4.83. The fourth-order valence-corrected chi connectivity index (χ4v) is 8.51. The molecule has 1 aromatic heterocycles. The molecule has 0 N–H and O–H groups in total. The SMILES string of the molecule is CC1(C)c2ccc3ccccc3c2-c2ccc3c(c21)c1c2ccccc2ccc1n3-c1ccc(-c2ccc(-c3ccccc3)cc2)cc1. The molecule has 0 fully saturated rings. The second kappa shape index (κ2) is 10.0. The van der Waals surface area contributed by atoms with Gasteiger partial charge in [-0.3, -0.25) is 0 Å². The lowest BCUT2D eigenvalue weighted by atomic mass is 9.80. The van der Waals surface area contributed by atoms with E-state index in [0.717, 1.165) is 0 Å². The van der Waals surface area contributed by atoms with Crippen LogP contribution < -0.4 is 0 Å². The first-order valence-electron chi connectivity index (χ1n) is 16.9. The van der Waals surface area contributed by atoms with Gasteiger partial charge in [0.25, 0.3) is 0 Å². The van der Waals surface area contributed by atoms with Crippen molar-refractivity contribution in [1.29, 1.82) is 0 Å². The van der Waals surface area contributed by atoms with Crippen LogP contribution in [0.5, 0.6) is 0 Å². The normalized spacial score (nSPS) is 13.4. The van der Waals surface area contributed by atoms with Crippen molar-refractivity contribution in [2.24, 2.45) is 0 Å². The molecule has 0 unspecified atom stereocenters. The molecular formula is C47H33N. The van der Waals surface area contributed by atoms with Crippen LogP contribution >= 0.6 is 0 Å². The summed E-state index contributed by atoms with van der Waals surface area (Å²) >= 11 is 0. The standard InChI is InChI=1S/C47H33N/c1-47(2)40-27-22-34-12-6-8-14-37(34)43(40)39-26-29-42-45(46(39)47)44-38-15-9-7-13-35(38)23-28-41(44)48(42)36-24-20-33(21-25-36)32-18-16-31(17-19-32)30-10-4-3-5-11-30/h3-29H,1-2H3. The number of benzene rings is 8. The molecule has 1 heterocycles. The molecule has 1 aliphatic carbocycles. The first-order chi connectivity index (χ1) is 23.6. The summed E-state index contributed by atoms with van der Waals surface area (Å²) in [6, 6.07) is 60.3. The van der Waals surface area contributed by atoms with Crippen molar-refractivity contribution in [3.8, 4) is 39.1 Å². The van der Waals surface area contributed by atoms with Crippen molar-refractivity contribution in [2.75, 3.05) is 0 Å². The highest BCUT2D eigenvalue weighted by atomic mass is 15.0. The maximum Gasteiger partial charge on any atom is 0.0547 e. The molecule has 1 nitrogen and oxygen atoms in total. The molecule has 0 aliphatic heterocycles. The molecule has 48 heavy (non-hydrogen) atoms. The van der Waals surface area contributed by atoms with Gasteiger partial charge in [0.2, 0.25) is 0 Å². The molecular weight excluding hydrogens is 579 g/mol. The summed E-state index contributed by atoms with van der Waals surface area (Å²) < 4.78 is 2.48. The molecule has 0 atom stereocenters. The molecule has 0 radical (unpaired) electrons. The average molecular weight is 612 g/mol. The molecule has 1 aliphatic rings. The van der Waals surface area contributed by atoms with E-state index in [0.29, 0.717) is 0 Å². The van der Waals surface area contributed by atoms with Crippen LogP contribution in [0.2, 0.25) is 0 Å². The zero-order chi connectivity index (χ0) is 32.0. The van der Waals surface area contributed by atoms with Crippen molar-refractivity contribution in [3.05, 3.63) is 175 Å². The Balaban J connectivity index is 1.20. The Hall–Kier alpha value is -5.92. The van der Waals surface area contributed by atoms with Gasteiger partial charge < -0.3 is 4.57 Å². The van der Waals surface area contributed by atoms with E-state index in [1.807, 2.05) is 0 Å². The molecule has 0 spiro atoms. The van der Waals surface area contributed by atoms with E-state index in [1.54, 1.807) is 0 Å². The van der Waals surface area contributed by atoms with Crippen LogP contribution in [0.25, 0.3) is 82.4 Å². The summed E-state index contributed by atoms with van der Waals surface area (Å²) in [4.78, 5) is 0. The first-order valence-corrected chi connectivity index (χ1v) is 16.9. The Morgan fingerprint density at radius 3 is 1.65 bits per heavy atom. The Kier molecular flexibility index (Phi) is 5.69. The maximum atomic E-state index is 2.48. The van der Waals surface area contributed by atoms with Crippen LogP contribution in [0.15, 0.2) is 164 Å². The smallest absolute Gasteiger partial charge is 0.0547 e. The van der Waals surface area contributed by atoms with Crippen molar-refractivity contribution < 1.29 is 0 Å². The summed E-state index contributed by atoms with van der Waals surface area (Å²) in [5.41, 5.74) is 14.0. The maximum absolute atomic E-state index is 2.48. The predicted octanol–water partition coefficient (Wildman–Crippen LogP) is 12.7. The second-order valence-corrected chi connectivity index (χ2v) is 13.7. The molecule has 226 valence electrons. The topological polar surface area (TPSA) is 4.93 Å². The van der Waals surface area contributed by atoms with Crippen molar-refractivity contribution >= 4 is 43.4 Å². The summed E-state index contributed by atoms with van der Waals surface area (Å²) in [6.07, 6.45) is 0. The number of nitrogens with zero attached hydrogens (tertiary/aromatic N) is 1. The summed E-state index contributed by atoms with van der Waals surface area (Å²) in [7, 11) is 0. The van der Waals surface area contributed by atoms with Gasteiger partial charge >= 0.3 is 0 Å². The van der Waals surface area contributed by atoms with E-state index in [-0.39, 0.29) is 5.41 Å². The van der Waals surface area contributed by atoms with Gasteiger partial charge in [-0.1, -0.05) is 153 Å². The minimum absolute atomic E-state index is 0.153. The molecule has 0 saturated carbocycles. The van der Waals surface area contributed by atoms with E-state index in [2.05, 4.69) is 182 Å². The second-order valence-electron chi connectivity index (χ2n) is 13.7. The van der Waals surface area contributed by atoms with Crippen LogP contribution in [0.4, 0.5) is 0 Å². The Labute approximate surface area is 280 Å². The number of rotatable bonds is 3. The fourth-order valence-electron chi connectivity index (χ4n) is 8.51. The Morgan fingerprint density at radius 2 is 0.938 bits per heavy atom. The van der Waals surface area contributed by atoms with Gasteiger partial charge in [0, 0.05) is 21.9 Å². The highest BCUT2D eigenvalue weighted by molar-refractivity contribution is 6.24. The Bertz CT molecular complexity index is 2710. The molecule has 8 aromatic carbocycles. The Morgan fingerprint density at radius 1 is 0.417 bits per heavy atom. The predicted molar refractivity (Wildman–Crippen MR) is 204 cm³/mol. The largest absolute Gasteiger partial charge is 0.309 e. The third-order valence-electron chi connectivity index (χ3n) is 10.8. The van der Waals surface area contributed by atoms with Gasteiger partial charge in [0.1, 0.15) is 0 Å². The van der Waals surface area contributed by atoms with Gasteiger partial charge in [0.15, 0.2) is 0 Å². The van der Waals surface area contributed by atoms with E-state index < -0.39 is 0 Å². The quantitative estimate of drug-likeness (QED) is 0.187. The average Bonchev–Trinajstić information content (AvgIpc) is 3.61. The van der Waals surface area contributed by atoms with Crippen LogP contribution in [-0.4, -0.2) is 4.57 Å². The molecule has 10 rings (SSSR count). The molecule has 9 aromatic rings. The monoisotopic (exact) mass is 611 g/mol. The lowest BCUT2D eigenvalue weighted by Gasteiger charge is -2.23. The van der Waals surface area contributed by atoms with Gasteiger partial charge in [-0.25, -0.2) is 0 Å². The number of fused-ring (bicyclic) bond motifs is 11. The molecule has 0 saturated heterocycles. The lowest BCUT2D eigenvalue weighted by molar-refractivity contribution is 0.667. The molecule has 1 heteroatoms. The fraction of sp³-hybridized carbons (Fsp3) is 0.0638. The third kappa shape index (κ3) is 3.79. The van der Waals surface area contributed by atoms with E-state index in [4.69, 9.17) is 0 Å². The van der Waals surface area contributed by atoms with Gasteiger partial charge in [-0.15, -0.1) is 0 Å². The van der Waals surface area contributed by atoms with Crippen molar-refractivity contribution in [2.45, 2.75) is 19.3 Å². The van der Waals surface area contributed by atoms with Crippen LogP contribution in [-0.2, 0) is 5.41 Å². The highest BCUT2D eigenvalue weighted by Crippen LogP contribution is 2.55. The van der Waals surface area contributed by atoms with E-state index >= 15 is 0 Å². The van der Waals surface area contributed by atoms with Crippen LogP contribution in [0, 0.1) is 0 Å². The van der Waals surface area contributed by atoms with Gasteiger partial charge in [-0.05, 0) is 90.3 Å². The lowest BCUT2D eigenvalue weighted by Crippen LogP contribution is -2.15. The zero-order valence-corrected chi connectivity index (χ0v) is 27.0. The summed E-state index contributed by atoms with van der Waals surface area (Å²) in [5, 5.41) is 7.91. The highest BCUT2D eigenvalue weighted by Gasteiger charge is 2.39. The van der Waals surface area contributed by atoms with Crippen molar-refractivity contribution in [1.82, 2.24) is 4.57 Å². The van der Waals surface area contributed by atoms with Crippen LogP contribution in [0.3, 0.4) is 0 Å². The van der Waals surface area contributed by atoms with Gasteiger partial charge in [0.05, 0.1) is 11.0 Å². The van der Waals surface area contributed by atoms with E-state index in [9.17, 15) is 0 Å². The first kappa shape index (κ1) is 27.2. The minimum atomic E-state index is -0.153. The summed E-state index contributed by atoms with van der Waals surface area (Å²) in [5.74, 6) is 0. The van der Waals surface area contributed by atoms with Crippen LogP contribution in [0.1, 0.15) is 25.0 Å². The number of hydrogen-bond acceptors (Lipinski definition) is 0.